The van der Waals surface area contributed by atoms with Gasteiger partial charge in [-0.2, -0.15) is 0 Å². The molecule has 1 saturated heterocycles. The molecule has 1 aliphatic heterocycles. The summed E-state index contributed by atoms with van der Waals surface area (Å²) >= 11 is 0. The van der Waals surface area contributed by atoms with E-state index >= 15 is 0 Å². The van der Waals surface area contributed by atoms with Gasteiger partial charge in [-0.25, -0.2) is 0 Å². The quantitative estimate of drug-likeness (QED) is 0.516. The lowest BCUT2D eigenvalue weighted by molar-refractivity contribution is -0.139. The molecule has 1 heterocycles. The number of piperidine rings is 1. The van der Waals surface area contributed by atoms with Gasteiger partial charge in [0.05, 0.1) is 11.5 Å². The molecule has 2 atom stereocenters. The van der Waals surface area contributed by atoms with Crippen molar-refractivity contribution < 1.29 is 9.59 Å². The first-order chi connectivity index (χ1) is 8.49. The van der Waals surface area contributed by atoms with Gasteiger partial charge >= 0.3 is 0 Å². The molecule has 0 spiro atoms. The van der Waals surface area contributed by atoms with Crippen molar-refractivity contribution in [2.45, 2.75) is 31.2 Å². The molecule has 0 saturated carbocycles. The molecule has 0 bridgehead atoms. The zero-order valence-electron chi connectivity index (χ0n) is 10.3. The van der Waals surface area contributed by atoms with Crippen LogP contribution in [0.2, 0.25) is 0 Å². The summed E-state index contributed by atoms with van der Waals surface area (Å²) in [6.07, 6.45) is 0.918. The predicted molar refractivity (Wildman–Crippen MR) is 68.6 cm³/mol. The Morgan fingerprint density at radius 2 is 1.94 bits per heavy atom. The van der Waals surface area contributed by atoms with Crippen LogP contribution in [0.1, 0.15) is 25.3 Å². The second-order valence-corrected chi connectivity index (χ2v) is 4.69. The maximum Gasteiger partial charge on any atom is 0.243 e. The van der Waals surface area contributed by atoms with Crippen molar-refractivity contribution in [2.75, 3.05) is 5.73 Å². The van der Waals surface area contributed by atoms with Gasteiger partial charge in [-0.3, -0.25) is 14.9 Å². The van der Waals surface area contributed by atoms with E-state index in [0.717, 1.165) is 5.56 Å². The largest absolute Gasteiger partial charge is 0.399 e. The number of hydrogen-bond acceptors (Lipinski definition) is 4. The molecule has 1 fully saturated rings. The predicted octanol–water partition coefficient (Wildman–Crippen LogP) is 0.290. The van der Waals surface area contributed by atoms with Gasteiger partial charge in [0.25, 0.3) is 0 Å². The number of rotatable bonds is 2. The summed E-state index contributed by atoms with van der Waals surface area (Å²) in [5.74, 6) is -0.680. The van der Waals surface area contributed by atoms with E-state index in [4.69, 9.17) is 11.5 Å². The number of anilines is 1. The molecule has 5 heteroatoms. The molecule has 2 amide bonds. The summed E-state index contributed by atoms with van der Waals surface area (Å²) in [5, 5.41) is 2.35. The van der Waals surface area contributed by atoms with Crippen LogP contribution in [0, 0.1) is 0 Å². The topological polar surface area (TPSA) is 98.2 Å². The van der Waals surface area contributed by atoms with Crippen molar-refractivity contribution in [2.24, 2.45) is 5.73 Å². The molecule has 5 nitrogen and oxygen atoms in total. The number of nitrogens with two attached hydrogens (primary N) is 2. The minimum atomic E-state index is -0.735. The van der Waals surface area contributed by atoms with E-state index in [1.807, 2.05) is 19.1 Å². The van der Waals surface area contributed by atoms with Crippen molar-refractivity contribution in [1.82, 2.24) is 5.32 Å². The number of hydrogen-bond donors (Lipinski definition) is 3. The summed E-state index contributed by atoms with van der Waals surface area (Å²) in [7, 11) is 0. The van der Waals surface area contributed by atoms with Crippen LogP contribution >= 0.6 is 0 Å². The number of amides is 2. The fourth-order valence-corrected chi connectivity index (χ4v) is 2.45. The Hall–Kier alpha value is -1.88. The molecule has 0 radical (unpaired) electrons. The van der Waals surface area contributed by atoms with E-state index in [2.05, 4.69) is 5.32 Å². The van der Waals surface area contributed by atoms with Crippen molar-refractivity contribution >= 4 is 17.5 Å². The molecular weight excluding hydrogens is 230 g/mol. The Bertz CT molecular complexity index is 484. The Balaban J connectivity index is 2.44. The highest BCUT2D eigenvalue weighted by molar-refractivity contribution is 6.05. The molecule has 5 N–H and O–H groups in total. The van der Waals surface area contributed by atoms with Crippen molar-refractivity contribution in [3.63, 3.8) is 0 Å². The van der Waals surface area contributed by atoms with Crippen LogP contribution in [0.5, 0.6) is 0 Å². The van der Waals surface area contributed by atoms with E-state index < -0.39 is 17.4 Å². The van der Waals surface area contributed by atoms with Crippen molar-refractivity contribution in [1.29, 1.82) is 0 Å². The van der Waals surface area contributed by atoms with Gasteiger partial charge in [-0.15, -0.1) is 0 Å². The minimum absolute atomic E-state index is 0.276. The third-order valence-corrected chi connectivity index (χ3v) is 3.64. The van der Waals surface area contributed by atoms with Crippen LogP contribution < -0.4 is 16.8 Å². The average Bonchev–Trinajstić information content (AvgIpc) is 2.35. The molecule has 1 aromatic carbocycles. The zero-order chi connectivity index (χ0) is 13.3. The van der Waals surface area contributed by atoms with Gasteiger partial charge in [-0.1, -0.05) is 19.1 Å². The Kier molecular flexibility index (Phi) is 3.09. The van der Waals surface area contributed by atoms with Gasteiger partial charge < -0.3 is 11.5 Å². The molecule has 18 heavy (non-hydrogen) atoms. The summed E-state index contributed by atoms with van der Waals surface area (Å²) in [6, 6.07) is 6.49. The van der Waals surface area contributed by atoms with E-state index in [9.17, 15) is 9.59 Å². The summed E-state index contributed by atoms with van der Waals surface area (Å²) < 4.78 is 0. The van der Waals surface area contributed by atoms with Gasteiger partial charge in [0.2, 0.25) is 11.8 Å². The summed E-state index contributed by atoms with van der Waals surface area (Å²) in [4.78, 5) is 23.6. The van der Waals surface area contributed by atoms with Crippen LogP contribution in [0.15, 0.2) is 24.3 Å². The SMILES string of the molecule is CC[C@]1(c2ccc(N)cc2)C[C@H](N)C(=O)NC1=O. The molecule has 0 aromatic heterocycles. The Labute approximate surface area is 106 Å². The zero-order valence-corrected chi connectivity index (χ0v) is 10.3. The maximum atomic E-state index is 12.2. The number of benzene rings is 1. The lowest BCUT2D eigenvalue weighted by atomic mass is 9.70. The van der Waals surface area contributed by atoms with E-state index in [1.54, 1.807) is 12.1 Å². The average molecular weight is 247 g/mol. The van der Waals surface area contributed by atoms with Gasteiger partial charge in [-0.05, 0) is 30.5 Å². The van der Waals surface area contributed by atoms with Gasteiger partial charge in [0.15, 0.2) is 0 Å². The van der Waals surface area contributed by atoms with Crippen LogP contribution in [0.3, 0.4) is 0 Å². The molecule has 2 rings (SSSR count). The minimum Gasteiger partial charge on any atom is -0.399 e. The summed E-state index contributed by atoms with van der Waals surface area (Å²) in [5.41, 5.74) is 12.2. The molecule has 96 valence electrons. The van der Waals surface area contributed by atoms with Crippen LogP contribution in [0.4, 0.5) is 5.69 Å². The number of nitrogen functional groups attached to an aromatic ring is 1. The number of imide groups is 1. The van der Waals surface area contributed by atoms with Crippen LogP contribution in [-0.4, -0.2) is 17.9 Å². The Morgan fingerprint density at radius 3 is 2.50 bits per heavy atom. The monoisotopic (exact) mass is 247 g/mol. The van der Waals surface area contributed by atoms with Crippen LogP contribution in [0.25, 0.3) is 0 Å². The standard InChI is InChI=1S/C13H17N3O2/c1-2-13(8-3-5-9(14)6-4-8)7-10(15)11(17)16-12(13)18/h3-6,10H,2,7,14-15H2,1H3,(H,16,17,18)/t10-,13+/m0/s1. The molecular formula is C13H17N3O2. The van der Waals surface area contributed by atoms with E-state index in [1.165, 1.54) is 0 Å². The molecule has 0 unspecified atom stereocenters. The second-order valence-electron chi connectivity index (χ2n) is 4.69. The number of carbonyl (C=O) groups is 2. The van der Waals surface area contributed by atoms with Gasteiger partial charge in [0.1, 0.15) is 0 Å². The molecule has 0 aliphatic carbocycles. The van der Waals surface area contributed by atoms with E-state index in [0.29, 0.717) is 18.5 Å². The first-order valence-corrected chi connectivity index (χ1v) is 5.96. The number of carbonyl (C=O) groups excluding carboxylic acids is 2. The van der Waals surface area contributed by atoms with Gasteiger partial charge in [0, 0.05) is 5.69 Å². The first kappa shape index (κ1) is 12.6. The van der Waals surface area contributed by atoms with Crippen molar-refractivity contribution in [3.8, 4) is 0 Å². The molecule has 1 aromatic rings. The molecule has 1 aliphatic rings. The summed E-state index contributed by atoms with van der Waals surface area (Å²) in [6.45, 7) is 1.92. The number of nitrogens with one attached hydrogen (secondary N) is 1. The Morgan fingerprint density at radius 1 is 1.33 bits per heavy atom. The van der Waals surface area contributed by atoms with E-state index in [-0.39, 0.29) is 5.91 Å². The van der Waals surface area contributed by atoms with Crippen molar-refractivity contribution in [3.05, 3.63) is 29.8 Å². The lowest BCUT2D eigenvalue weighted by Crippen LogP contribution is -2.59. The fraction of sp³-hybridized carbons (Fsp3) is 0.385. The highest BCUT2D eigenvalue weighted by Gasteiger charge is 2.45. The second kappa shape index (κ2) is 4.42. The highest BCUT2D eigenvalue weighted by atomic mass is 16.2. The normalized spacial score (nSPS) is 28.0. The first-order valence-electron chi connectivity index (χ1n) is 5.96. The highest BCUT2D eigenvalue weighted by Crippen LogP contribution is 2.35. The smallest absolute Gasteiger partial charge is 0.243 e. The maximum absolute atomic E-state index is 12.2. The third-order valence-electron chi connectivity index (χ3n) is 3.64. The van der Waals surface area contributed by atoms with Crippen LogP contribution in [-0.2, 0) is 15.0 Å². The fourth-order valence-electron chi connectivity index (χ4n) is 2.45. The lowest BCUT2D eigenvalue weighted by Gasteiger charge is -2.37. The third kappa shape index (κ3) is 1.86.